The van der Waals surface area contributed by atoms with E-state index in [-0.39, 0.29) is 18.2 Å². The van der Waals surface area contributed by atoms with Crippen LogP contribution >= 0.6 is 11.3 Å². The van der Waals surface area contributed by atoms with Gasteiger partial charge in [0.2, 0.25) is 5.91 Å². The number of hydrogen-bond donors (Lipinski definition) is 2. The molecule has 0 spiro atoms. The van der Waals surface area contributed by atoms with Crippen LogP contribution in [0.25, 0.3) is 10.6 Å². The lowest BCUT2D eigenvalue weighted by atomic mass is 10.1. The summed E-state index contributed by atoms with van der Waals surface area (Å²) in [6, 6.07) is 18.9. The van der Waals surface area contributed by atoms with Crippen LogP contribution in [0.5, 0.6) is 0 Å². The molecule has 4 rings (SSSR count). The van der Waals surface area contributed by atoms with Gasteiger partial charge in [-0.25, -0.2) is 4.98 Å². The smallest absolute Gasteiger partial charge is 0.325 e. The summed E-state index contributed by atoms with van der Waals surface area (Å²) in [4.78, 5) is 29.7. The first kappa shape index (κ1) is 24.2. The van der Waals surface area contributed by atoms with E-state index in [2.05, 4.69) is 15.6 Å². The van der Waals surface area contributed by atoms with Gasteiger partial charge < -0.3 is 10.6 Å². The minimum Gasteiger partial charge on any atom is -0.325 e. The van der Waals surface area contributed by atoms with E-state index in [0.29, 0.717) is 38.8 Å². The third-order valence-electron chi connectivity index (χ3n) is 5.24. The quantitative estimate of drug-likeness (QED) is 0.318. The number of para-hydroxylation sites is 1. The number of benzene rings is 3. The van der Waals surface area contributed by atoms with E-state index < -0.39 is 11.7 Å². The second-order valence-electron chi connectivity index (χ2n) is 7.74. The zero-order chi connectivity index (χ0) is 25.0. The molecule has 4 aromatic rings. The van der Waals surface area contributed by atoms with Crippen molar-refractivity contribution in [1.82, 2.24) is 4.98 Å². The maximum atomic E-state index is 12.8. The summed E-state index contributed by atoms with van der Waals surface area (Å²) in [5.74, 6) is -0.608. The van der Waals surface area contributed by atoms with Crippen molar-refractivity contribution >= 4 is 34.5 Å². The number of alkyl halides is 3. The average Bonchev–Trinajstić information content (AvgIpc) is 3.29. The summed E-state index contributed by atoms with van der Waals surface area (Å²) in [5, 5.41) is 7.86. The van der Waals surface area contributed by atoms with Gasteiger partial charge in [-0.2, -0.15) is 13.2 Å². The molecule has 0 bridgehead atoms. The first-order valence-corrected chi connectivity index (χ1v) is 11.5. The molecule has 2 N–H and O–H groups in total. The molecular weight excluding hydrogens is 475 g/mol. The van der Waals surface area contributed by atoms with Crippen LogP contribution in [-0.2, 0) is 17.4 Å². The van der Waals surface area contributed by atoms with Crippen LogP contribution in [0.1, 0.15) is 27.2 Å². The van der Waals surface area contributed by atoms with Gasteiger partial charge in [-0.15, -0.1) is 11.3 Å². The predicted molar refractivity (Wildman–Crippen MR) is 130 cm³/mol. The van der Waals surface area contributed by atoms with Gasteiger partial charge in [-0.3, -0.25) is 9.59 Å². The van der Waals surface area contributed by atoms with Crippen molar-refractivity contribution in [2.45, 2.75) is 19.5 Å². The van der Waals surface area contributed by atoms with Gasteiger partial charge in [0, 0.05) is 27.9 Å². The van der Waals surface area contributed by atoms with Crippen molar-refractivity contribution in [2.24, 2.45) is 0 Å². The highest BCUT2D eigenvalue weighted by atomic mass is 32.1. The van der Waals surface area contributed by atoms with E-state index in [1.807, 2.05) is 18.2 Å². The first-order valence-electron chi connectivity index (χ1n) is 10.6. The molecule has 2 amide bonds. The number of amides is 2. The fourth-order valence-electron chi connectivity index (χ4n) is 3.42. The number of nitrogens with one attached hydrogen (secondary N) is 2. The van der Waals surface area contributed by atoms with Crippen molar-refractivity contribution in [3.63, 3.8) is 0 Å². The van der Waals surface area contributed by atoms with Gasteiger partial charge in [0.15, 0.2) is 0 Å². The second-order valence-corrected chi connectivity index (χ2v) is 8.60. The van der Waals surface area contributed by atoms with E-state index in [9.17, 15) is 22.8 Å². The summed E-state index contributed by atoms with van der Waals surface area (Å²) in [5.41, 5.74) is 2.55. The zero-order valence-electron chi connectivity index (χ0n) is 18.5. The van der Waals surface area contributed by atoms with Crippen molar-refractivity contribution < 1.29 is 22.8 Å². The van der Waals surface area contributed by atoms with Crippen LogP contribution in [0.15, 0.2) is 78.2 Å². The highest BCUT2D eigenvalue weighted by molar-refractivity contribution is 7.13. The largest absolute Gasteiger partial charge is 0.416 e. The summed E-state index contributed by atoms with van der Waals surface area (Å²) in [6.07, 6.45) is -4.42. The van der Waals surface area contributed by atoms with Crippen molar-refractivity contribution in [3.8, 4) is 10.6 Å². The third-order valence-corrected chi connectivity index (χ3v) is 6.18. The lowest BCUT2D eigenvalue weighted by molar-refractivity contribution is -0.137. The molecule has 5 nitrogen and oxygen atoms in total. The molecule has 0 aliphatic heterocycles. The Morgan fingerprint density at radius 2 is 1.63 bits per heavy atom. The Bertz CT molecular complexity index is 1350. The Hall–Kier alpha value is -3.98. The molecule has 0 fully saturated rings. The van der Waals surface area contributed by atoms with E-state index in [0.717, 1.165) is 12.1 Å². The second kappa shape index (κ2) is 10.1. The highest BCUT2D eigenvalue weighted by Gasteiger charge is 2.30. The molecule has 0 saturated heterocycles. The van der Waals surface area contributed by atoms with Gasteiger partial charge in [-0.1, -0.05) is 36.4 Å². The molecule has 0 unspecified atom stereocenters. The molecule has 0 aliphatic rings. The number of nitrogens with zero attached hydrogens (tertiary/aromatic N) is 1. The zero-order valence-corrected chi connectivity index (χ0v) is 19.3. The van der Waals surface area contributed by atoms with Crippen molar-refractivity contribution in [2.75, 3.05) is 10.6 Å². The number of hydrogen-bond acceptors (Lipinski definition) is 4. The van der Waals surface area contributed by atoms with E-state index in [1.54, 1.807) is 42.6 Å². The van der Waals surface area contributed by atoms with Gasteiger partial charge >= 0.3 is 6.18 Å². The lowest BCUT2D eigenvalue weighted by Gasteiger charge is -2.12. The normalized spacial score (nSPS) is 11.2. The minimum atomic E-state index is -4.40. The predicted octanol–water partition coefficient (Wildman–Crippen LogP) is 6.57. The molecule has 35 heavy (non-hydrogen) atoms. The van der Waals surface area contributed by atoms with Gasteiger partial charge in [0.1, 0.15) is 5.01 Å². The number of rotatable bonds is 6. The molecule has 0 radical (unpaired) electrons. The summed E-state index contributed by atoms with van der Waals surface area (Å²) in [6.45, 7) is 1.75. The standard InChI is InChI=1S/C26H20F3N3O2S/c1-16-21(24(34)30-19-6-3-2-4-7-19)8-5-9-22(16)32-23(33)14-20-15-35-25(31-20)17-10-12-18(13-11-17)26(27,28)29/h2-13,15H,14H2,1H3,(H,30,34)(H,32,33). The number of thiazole rings is 1. The molecule has 9 heteroatoms. The maximum absolute atomic E-state index is 12.8. The molecule has 0 atom stereocenters. The molecule has 1 aromatic heterocycles. The molecule has 178 valence electrons. The van der Waals surface area contributed by atoms with Gasteiger partial charge in [-0.05, 0) is 48.9 Å². The summed E-state index contributed by atoms with van der Waals surface area (Å²) >= 11 is 1.25. The summed E-state index contributed by atoms with van der Waals surface area (Å²) < 4.78 is 38.3. The SMILES string of the molecule is Cc1c(NC(=O)Cc2csc(-c3ccc(C(F)(F)F)cc3)n2)cccc1C(=O)Nc1ccccc1. The van der Waals surface area contributed by atoms with Crippen LogP contribution in [0, 0.1) is 6.92 Å². The molecule has 1 heterocycles. The fourth-order valence-corrected chi connectivity index (χ4v) is 4.24. The molecule has 3 aromatic carbocycles. The Labute approximate surface area is 203 Å². The Morgan fingerprint density at radius 1 is 0.914 bits per heavy atom. The Kier molecular flexibility index (Phi) is 6.97. The number of carbonyl (C=O) groups excluding carboxylic acids is 2. The first-order chi connectivity index (χ1) is 16.7. The van der Waals surface area contributed by atoms with Crippen LogP contribution < -0.4 is 10.6 Å². The molecule has 0 aliphatic carbocycles. The van der Waals surface area contributed by atoms with Crippen molar-refractivity contribution in [1.29, 1.82) is 0 Å². The number of aromatic nitrogens is 1. The van der Waals surface area contributed by atoms with Crippen LogP contribution in [0.3, 0.4) is 0 Å². The van der Waals surface area contributed by atoms with E-state index in [1.165, 1.54) is 23.5 Å². The van der Waals surface area contributed by atoms with Crippen LogP contribution in [0.4, 0.5) is 24.5 Å². The highest BCUT2D eigenvalue weighted by Crippen LogP contribution is 2.32. The summed E-state index contributed by atoms with van der Waals surface area (Å²) in [7, 11) is 0. The van der Waals surface area contributed by atoms with Gasteiger partial charge in [0.05, 0.1) is 17.7 Å². The number of carbonyl (C=O) groups is 2. The maximum Gasteiger partial charge on any atom is 0.416 e. The van der Waals surface area contributed by atoms with E-state index in [4.69, 9.17) is 0 Å². The lowest BCUT2D eigenvalue weighted by Crippen LogP contribution is -2.18. The number of halogens is 3. The molecular formula is C26H20F3N3O2S. The van der Waals surface area contributed by atoms with Crippen LogP contribution in [-0.4, -0.2) is 16.8 Å². The molecule has 0 saturated carbocycles. The van der Waals surface area contributed by atoms with Crippen molar-refractivity contribution in [3.05, 3.63) is 101 Å². The fraction of sp³-hybridized carbons (Fsp3) is 0.115. The minimum absolute atomic E-state index is 0.0169. The monoisotopic (exact) mass is 495 g/mol. The van der Waals surface area contributed by atoms with Crippen LogP contribution in [0.2, 0.25) is 0 Å². The van der Waals surface area contributed by atoms with Gasteiger partial charge in [0.25, 0.3) is 5.91 Å². The van der Waals surface area contributed by atoms with E-state index >= 15 is 0 Å². The average molecular weight is 496 g/mol. The topological polar surface area (TPSA) is 71.1 Å². The third kappa shape index (κ3) is 5.93. The number of anilines is 2. The Morgan fingerprint density at radius 3 is 2.31 bits per heavy atom. The Balaban J connectivity index is 1.42.